The second-order valence-electron chi connectivity index (χ2n) is 6.80. The Labute approximate surface area is 152 Å². The molecule has 1 aromatic carbocycles. The van der Waals surface area contributed by atoms with E-state index in [1.807, 2.05) is 56.4 Å². The number of aldehydes is 1. The number of para-hydroxylation sites is 1. The molecule has 0 amide bonds. The molecule has 2 atom stereocenters. The summed E-state index contributed by atoms with van der Waals surface area (Å²) in [5.41, 5.74) is 3.38. The molecule has 0 aliphatic carbocycles. The van der Waals surface area contributed by atoms with Gasteiger partial charge in [0.2, 0.25) is 0 Å². The van der Waals surface area contributed by atoms with E-state index >= 15 is 0 Å². The van der Waals surface area contributed by atoms with Crippen LogP contribution in [0.25, 0.3) is 22.0 Å². The average molecular weight is 347 g/mol. The highest BCUT2D eigenvalue weighted by atomic mass is 16.5. The van der Waals surface area contributed by atoms with Crippen LogP contribution in [0.4, 0.5) is 5.82 Å². The molecule has 1 aliphatic rings. The second kappa shape index (κ2) is 6.84. The number of fused-ring (bicyclic) bond motifs is 1. The number of hydrogen-bond donors (Lipinski definition) is 0. The van der Waals surface area contributed by atoms with Gasteiger partial charge in [-0.25, -0.2) is 4.98 Å². The van der Waals surface area contributed by atoms with Crippen molar-refractivity contribution in [2.75, 3.05) is 18.0 Å². The predicted octanol–water partition coefficient (Wildman–Crippen LogP) is 3.72. The molecule has 2 aromatic heterocycles. The summed E-state index contributed by atoms with van der Waals surface area (Å²) < 4.78 is 5.79. The van der Waals surface area contributed by atoms with Crippen LogP contribution in [0, 0.1) is 0 Å². The molecule has 4 rings (SSSR count). The fraction of sp³-hybridized carbons (Fsp3) is 0.286. The topological polar surface area (TPSA) is 55.3 Å². The highest BCUT2D eigenvalue weighted by Crippen LogP contribution is 2.30. The Bertz CT molecular complexity index is 942. The van der Waals surface area contributed by atoms with Crippen molar-refractivity contribution in [2.45, 2.75) is 26.1 Å². The highest BCUT2D eigenvalue weighted by Gasteiger charge is 2.25. The summed E-state index contributed by atoms with van der Waals surface area (Å²) in [6.07, 6.45) is 4.72. The Morgan fingerprint density at radius 2 is 1.88 bits per heavy atom. The molecule has 0 saturated carbocycles. The van der Waals surface area contributed by atoms with Gasteiger partial charge in [0.25, 0.3) is 0 Å². The zero-order valence-corrected chi connectivity index (χ0v) is 14.9. The summed E-state index contributed by atoms with van der Waals surface area (Å²) in [5.74, 6) is 0.721. The third-order valence-electron chi connectivity index (χ3n) is 4.68. The molecule has 3 heterocycles. The summed E-state index contributed by atoms with van der Waals surface area (Å²) >= 11 is 0. The number of ether oxygens (including phenoxy) is 1. The first kappa shape index (κ1) is 16.7. The molecule has 0 N–H and O–H groups in total. The number of carbonyl (C=O) groups is 1. The van der Waals surface area contributed by atoms with Crippen molar-refractivity contribution in [2.24, 2.45) is 0 Å². The van der Waals surface area contributed by atoms with E-state index < -0.39 is 0 Å². The van der Waals surface area contributed by atoms with Gasteiger partial charge in [-0.05, 0) is 26.0 Å². The van der Waals surface area contributed by atoms with Crippen LogP contribution in [0.5, 0.6) is 0 Å². The lowest BCUT2D eigenvalue weighted by molar-refractivity contribution is -0.00549. The van der Waals surface area contributed by atoms with E-state index in [1.165, 1.54) is 0 Å². The fourth-order valence-corrected chi connectivity index (χ4v) is 3.66. The zero-order chi connectivity index (χ0) is 18.1. The van der Waals surface area contributed by atoms with Crippen molar-refractivity contribution in [3.63, 3.8) is 0 Å². The molecule has 5 heteroatoms. The summed E-state index contributed by atoms with van der Waals surface area (Å²) in [5, 5.41) is 1.07. The van der Waals surface area contributed by atoms with Gasteiger partial charge in [0.1, 0.15) is 5.82 Å². The minimum atomic E-state index is 0.113. The summed E-state index contributed by atoms with van der Waals surface area (Å²) in [4.78, 5) is 23.0. The number of carbonyl (C=O) groups excluding carboxylic acids is 1. The second-order valence-corrected chi connectivity index (χ2v) is 6.80. The number of aromatic nitrogens is 2. The van der Waals surface area contributed by atoms with Crippen LogP contribution in [0.1, 0.15) is 24.2 Å². The molecule has 0 spiro atoms. The summed E-state index contributed by atoms with van der Waals surface area (Å²) in [7, 11) is 0. The number of pyridine rings is 2. The van der Waals surface area contributed by atoms with Gasteiger partial charge < -0.3 is 9.64 Å². The number of nitrogens with zero attached hydrogens (tertiary/aromatic N) is 3. The Hall–Kier alpha value is -2.79. The SMILES string of the molecule is C[C@@H]1CN(c2ncc(-c3cccc4cccnc34)cc2C=O)C[C@H](C)O1. The summed E-state index contributed by atoms with van der Waals surface area (Å²) in [6.45, 7) is 5.54. The molecule has 1 aliphatic heterocycles. The maximum absolute atomic E-state index is 11.8. The molecule has 5 nitrogen and oxygen atoms in total. The molecule has 0 unspecified atom stereocenters. The Balaban J connectivity index is 1.77. The van der Waals surface area contributed by atoms with E-state index in [9.17, 15) is 4.79 Å². The van der Waals surface area contributed by atoms with Gasteiger partial charge in [0.15, 0.2) is 6.29 Å². The number of morpholine rings is 1. The van der Waals surface area contributed by atoms with E-state index in [4.69, 9.17) is 4.74 Å². The Morgan fingerprint density at radius 1 is 1.12 bits per heavy atom. The van der Waals surface area contributed by atoms with Crippen LogP contribution in [-0.2, 0) is 4.74 Å². The number of hydrogen-bond acceptors (Lipinski definition) is 5. The number of benzene rings is 1. The van der Waals surface area contributed by atoms with Crippen molar-refractivity contribution >= 4 is 23.0 Å². The monoisotopic (exact) mass is 347 g/mol. The highest BCUT2D eigenvalue weighted by molar-refractivity contribution is 5.95. The Kier molecular flexibility index (Phi) is 4.39. The van der Waals surface area contributed by atoms with Crippen LogP contribution >= 0.6 is 0 Å². The van der Waals surface area contributed by atoms with E-state index in [2.05, 4.69) is 14.9 Å². The van der Waals surface area contributed by atoms with Gasteiger partial charge >= 0.3 is 0 Å². The molecule has 26 heavy (non-hydrogen) atoms. The van der Waals surface area contributed by atoms with E-state index in [0.29, 0.717) is 5.56 Å². The van der Waals surface area contributed by atoms with Gasteiger partial charge in [0.05, 0.1) is 23.3 Å². The largest absolute Gasteiger partial charge is 0.372 e. The molecule has 1 fully saturated rings. The maximum Gasteiger partial charge on any atom is 0.153 e. The molecule has 3 aromatic rings. The number of rotatable bonds is 3. The third-order valence-corrected chi connectivity index (χ3v) is 4.68. The minimum Gasteiger partial charge on any atom is -0.372 e. The lowest BCUT2D eigenvalue weighted by Gasteiger charge is -2.36. The standard InChI is InChI=1S/C21H21N3O2/c1-14-11-24(12-15(2)26-14)21-18(13-25)9-17(10-23-21)19-7-3-5-16-6-4-8-22-20(16)19/h3-10,13-15H,11-12H2,1-2H3/t14-,15+. The van der Waals surface area contributed by atoms with Crippen LogP contribution in [0.15, 0.2) is 48.8 Å². The van der Waals surface area contributed by atoms with Crippen LogP contribution < -0.4 is 4.90 Å². The van der Waals surface area contributed by atoms with E-state index in [-0.39, 0.29) is 12.2 Å². The third kappa shape index (κ3) is 3.06. The normalized spacial score (nSPS) is 20.3. The van der Waals surface area contributed by atoms with Gasteiger partial charge in [-0.2, -0.15) is 0 Å². The molecule has 0 bridgehead atoms. The van der Waals surface area contributed by atoms with Crippen LogP contribution in [-0.4, -0.2) is 41.6 Å². The molecular formula is C21H21N3O2. The maximum atomic E-state index is 11.8. The van der Waals surface area contributed by atoms with Crippen molar-refractivity contribution in [3.8, 4) is 11.1 Å². The minimum absolute atomic E-state index is 0.113. The van der Waals surface area contributed by atoms with E-state index in [0.717, 1.165) is 47.2 Å². The molecular weight excluding hydrogens is 326 g/mol. The van der Waals surface area contributed by atoms with Crippen molar-refractivity contribution in [1.82, 2.24) is 9.97 Å². The van der Waals surface area contributed by atoms with E-state index in [1.54, 1.807) is 6.20 Å². The van der Waals surface area contributed by atoms with Crippen LogP contribution in [0.2, 0.25) is 0 Å². The average Bonchev–Trinajstić information content (AvgIpc) is 2.66. The molecule has 132 valence electrons. The van der Waals surface area contributed by atoms with Crippen molar-refractivity contribution in [3.05, 3.63) is 54.4 Å². The Morgan fingerprint density at radius 3 is 2.65 bits per heavy atom. The first-order valence-electron chi connectivity index (χ1n) is 8.85. The molecule has 1 saturated heterocycles. The fourth-order valence-electron chi connectivity index (χ4n) is 3.66. The van der Waals surface area contributed by atoms with Gasteiger partial charge in [-0.3, -0.25) is 9.78 Å². The van der Waals surface area contributed by atoms with Crippen molar-refractivity contribution < 1.29 is 9.53 Å². The van der Waals surface area contributed by atoms with Gasteiger partial charge in [-0.15, -0.1) is 0 Å². The molecule has 0 radical (unpaired) electrons. The summed E-state index contributed by atoms with van der Waals surface area (Å²) in [6, 6.07) is 11.9. The number of anilines is 1. The first-order chi connectivity index (χ1) is 12.7. The van der Waals surface area contributed by atoms with Crippen molar-refractivity contribution in [1.29, 1.82) is 0 Å². The first-order valence-corrected chi connectivity index (χ1v) is 8.85. The predicted molar refractivity (Wildman–Crippen MR) is 103 cm³/mol. The van der Waals surface area contributed by atoms with Gasteiger partial charge in [0, 0.05) is 42.0 Å². The smallest absolute Gasteiger partial charge is 0.153 e. The zero-order valence-electron chi connectivity index (χ0n) is 14.9. The van der Waals surface area contributed by atoms with Crippen LogP contribution in [0.3, 0.4) is 0 Å². The quantitative estimate of drug-likeness (QED) is 0.676. The van der Waals surface area contributed by atoms with Gasteiger partial charge in [-0.1, -0.05) is 24.3 Å². The lowest BCUT2D eigenvalue weighted by atomic mass is 10.0. The lowest BCUT2D eigenvalue weighted by Crippen LogP contribution is -2.46.